The molecule has 158 valence electrons. The number of nitrogens with two attached hydrogens (primary N) is 1. The Balaban J connectivity index is 0.000000645. The van der Waals surface area contributed by atoms with Gasteiger partial charge in [-0.2, -0.15) is 4.98 Å². The molecule has 0 spiro atoms. The third kappa shape index (κ3) is 4.09. The molecule has 0 aromatic carbocycles. The minimum Gasteiger partial charge on any atom is -0.483 e. The van der Waals surface area contributed by atoms with Gasteiger partial charge in [0.05, 0.1) is 11.7 Å². The normalized spacial score (nSPS) is 34.4. The largest absolute Gasteiger partial charge is 0.483 e. The van der Waals surface area contributed by atoms with Crippen molar-refractivity contribution < 1.29 is 19.8 Å². The summed E-state index contributed by atoms with van der Waals surface area (Å²) >= 11 is 0. The second-order valence-electron chi connectivity index (χ2n) is 8.95. The van der Waals surface area contributed by atoms with Crippen LogP contribution in [0.1, 0.15) is 50.1 Å². The highest BCUT2D eigenvalue weighted by atomic mass is 16.4. The molecule has 5 N–H and O–H groups in total. The number of nitrogens with one attached hydrogen (secondary N) is 1. The van der Waals surface area contributed by atoms with Crippen LogP contribution in [0.2, 0.25) is 0 Å². The van der Waals surface area contributed by atoms with E-state index in [0.29, 0.717) is 18.4 Å². The highest BCUT2D eigenvalue weighted by Gasteiger charge is 2.49. The molecule has 9 heteroatoms. The molecule has 5 aliphatic rings. The number of hydrogen-bond acceptors (Lipinski definition) is 6. The lowest BCUT2D eigenvalue weighted by Gasteiger charge is -2.54. The summed E-state index contributed by atoms with van der Waals surface area (Å²) in [5, 5.41) is 18.4. The number of carboxylic acid groups (broad SMARTS) is 2. The van der Waals surface area contributed by atoms with Gasteiger partial charge in [-0.25, -0.2) is 9.78 Å². The molecule has 2 heterocycles. The number of nitrogens with zero attached hydrogens (tertiary/aromatic N) is 3. The molecule has 0 radical (unpaired) electrons. The summed E-state index contributed by atoms with van der Waals surface area (Å²) in [6.45, 7) is 1.19. The van der Waals surface area contributed by atoms with E-state index in [1.54, 1.807) is 0 Å². The van der Waals surface area contributed by atoms with Crippen molar-refractivity contribution in [1.29, 1.82) is 0 Å². The molecule has 1 amide bonds. The van der Waals surface area contributed by atoms with Crippen molar-refractivity contribution in [2.75, 3.05) is 23.7 Å². The van der Waals surface area contributed by atoms with Gasteiger partial charge < -0.3 is 26.2 Å². The van der Waals surface area contributed by atoms with Crippen LogP contribution in [0.3, 0.4) is 0 Å². The number of rotatable bonds is 3. The van der Waals surface area contributed by atoms with Crippen molar-refractivity contribution >= 4 is 24.3 Å². The summed E-state index contributed by atoms with van der Waals surface area (Å²) in [7, 11) is 0. The second kappa shape index (κ2) is 8.04. The smallest absolute Gasteiger partial charge is 0.404 e. The lowest BCUT2D eigenvalue weighted by molar-refractivity contribution is -0.122. The van der Waals surface area contributed by atoms with Crippen LogP contribution in [-0.2, 0) is 4.79 Å². The van der Waals surface area contributed by atoms with Gasteiger partial charge in [0.25, 0.3) is 6.47 Å². The zero-order valence-electron chi connectivity index (χ0n) is 16.4. The summed E-state index contributed by atoms with van der Waals surface area (Å²) in [6.07, 6.45) is 6.69. The highest BCUT2D eigenvalue weighted by molar-refractivity contribution is 5.65. The molecular formula is C20H29N5O4. The predicted molar refractivity (Wildman–Crippen MR) is 107 cm³/mol. The molecule has 1 aromatic rings. The topological polar surface area (TPSA) is 142 Å². The molecular weight excluding hydrogens is 374 g/mol. The van der Waals surface area contributed by atoms with E-state index in [0.717, 1.165) is 48.1 Å². The van der Waals surface area contributed by atoms with Crippen molar-refractivity contribution in [3.05, 3.63) is 11.8 Å². The Bertz CT molecular complexity index is 745. The monoisotopic (exact) mass is 403 g/mol. The summed E-state index contributed by atoms with van der Waals surface area (Å²) in [5.74, 6) is 5.13. The average molecular weight is 403 g/mol. The maximum absolute atomic E-state index is 10.9. The van der Waals surface area contributed by atoms with Gasteiger partial charge >= 0.3 is 6.09 Å². The minimum absolute atomic E-state index is 0.0479. The van der Waals surface area contributed by atoms with E-state index >= 15 is 0 Å². The number of hydrogen-bond donors (Lipinski definition) is 4. The molecule has 5 fully saturated rings. The molecule has 1 aromatic heterocycles. The quantitative estimate of drug-likeness (QED) is 0.562. The SMILES string of the molecule is Nc1nc(C2C3CC4CC(C3)CC2C4)cc(N2CCC(NC(=O)O)C2)n1.O=CO. The van der Waals surface area contributed by atoms with E-state index in [2.05, 4.69) is 26.3 Å². The Kier molecular flexibility index (Phi) is 5.47. The Morgan fingerprint density at radius 3 is 2.38 bits per heavy atom. The second-order valence-corrected chi connectivity index (χ2v) is 8.95. The van der Waals surface area contributed by atoms with Gasteiger partial charge in [0.2, 0.25) is 5.95 Å². The minimum atomic E-state index is -0.965. The third-order valence-corrected chi connectivity index (χ3v) is 7.16. The van der Waals surface area contributed by atoms with Crippen LogP contribution in [0.4, 0.5) is 16.6 Å². The fourth-order valence-electron chi connectivity index (χ4n) is 6.47. The zero-order valence-corrected chi connectivity index (χ0v) is 16.4. The number of nitrogen functional groups attached to an aromatic ring is 1. The maximum Gasteiger partial charge on any atom is 0.404 e. The Morgan fingerprint density at radius 2 is 1.79 bits per heavy atom. The van der Waals surface area contributed by atoms with Gasteiger partial charge in [-0.15, -0.1) is 0 Å². The summed E-state index contributed by atoms with van der Waals surface area (Å²) in [5.41, 5.74) is 7.20. The average Bonchev–Trinajstić information content (AvgIpc) is 3.09. The lowest BCUT2D eigenvalue weighted by atomic mass is 9.51. The van der Waals surface area contributed by atoms with E-state index in [9.17, 15) is 4.79 Å². The Hall–Kier alpha value is -2.58. The van der Waals surface area contributed by atoms with Crippen LogP contribution < -0.4 is 16.0 Å². The first-order valence-electron chi connectivity index (χ1n) is 10.4. The van der Waals surface area contributed by atoms with Gasteiger partial charge in [0.1, 0.15) is 5.82 Å². The molecule has 1 unspecified atom stereocenters. The van der Waals surface area contributed by atoms with E-state index in [1.165, 1.54) is 32.1 Å². The molecule has 1 atom stereocenters. The van der Waals surface area contributed by atoms with Crippen molar-refractivity contribution in [2.24, 2.45) is 23.7 Å². The van der Waals surface area contributed by atoms with Crippen molar-refractivity contribution in [3.63, 3.8) is 0 Å². The molecule has 1 aliphatic heterocycles. The van der Waals surface area contributed by atoms with Gasteiger partial charge in [-0.1, -0.05) is 0 Å². The van der Waals surface area contributed by atoms with Crippen LogP contribution in [-0.4, -0.2) is 51.9 Å². The van der Waals surface area contributed by atoms with Crippen molar-refractivity contribution in [3.8, 4) is 0 Å². The Labute approximate surface area is 169 Å². The first kappa shape index (κ1) is 19.7. The summed E-state index contributed by atoms with van der Waals surface area (Å²) in [4.78, 5) is 30.5. The summed E-state index contributed by atoms with van der Waals surface area (Å²) < 4.78 is 0. The predicted octanol–water partition coefficient (Wildman–Crippen LogP) is 2.15. The van der Waals surface area contributed by atoms with E-state index in [1.807, 2.05) is 0 Å². The molecule has 6 rings (SSSR count). The molecule has 4 bridgehead atoms. The molecule has 4 saturated carbocycles. The van der Waals surface area contributed by atoms with Gasteiger partial charge in [0.15, 0.2) is 0 Å². The van der Waals surface area contributed by atoms with Gasteiger partial charge in [0, 0.05) is 25.1 Å². The van der Waals surface area contributed by atoms with E-state index in [-0.39, 0.29) is 12.5 Å². The standard InChI is InChI=1S/C19H27N5O2.CH2O2/c20-18-22-15(17-12-4-10-3-11(6-12)7-13(17)5-10)8-16(23-18)24-2-1-14(9-24)21-19(25)26;2-1-3/h8,10-14,17,21H,1-7,9H2,(H,25,26)(H2,20,22,23);1H,(H,2,3). The first-order valence-corrected chi connectivity index (χ1v) is 10.4. The van der Waals surface area contributed by atoms with Crippen LogP contribution in [0.15, 0.2) is 6.07 Å². The zero-order chi connectivity index (χ0) is 20.5. The van der Waals surface area contributed by atoms with Crippen molar-refractivity contribution in [2.45, 2.75) is 50.5 Å². The molecule has 9 nitrogen and oxygen atoms in total. The van der Waals surface area contributed by atoms with Gasteiger partial charge in [-0.3, -0.25) is 4.79 Å². The fourth-order valence-corrected chi connectivity index (χ4v) is 6.47. The lowest BCUT2D eigenvalue weighted by Crippen LogP contribution is -2.44. The molecule has 1 saturated heterocycles. The van der Waals surface area contributed by atoms with Crippen LogP contribution in [0, 0.1) is 23.7 Å². The number of carbonyl (C=O) groups is 2. The van der Waals surface area contributed by atoms with Gasteiger partial charge in [-0.05, 0) is 62.2 Å². The van der Waals surface area contributed by atoms with Crippen LogP contribution in [0.5, 0.6) is 0 Å². The third-order valence-electron chi connectivity index (χ3n) is 7.16. The van der Waals surface area contributed by atoms with E-state index < -0.39 is 6.09 Å². The Morgan fingerprint density at radius 1 is 1.17 bits per heavy atom. The van der Waals surface area contributed by atoms with Crippen LogP contribution in [0.25, 0.3) is 0 Å². The maximum atomic E-state index is 10.9. The molecule has 29 heavy (non-hydrogen) atoms. The fraction of sp³-hybridized carbons (Fsp3) is 0.700. The molecule has 4 aliphatic carbocycles. The number of amides is 1. The van der Waals surface area contributed by atoms with Crippen LogP contribution >= 0.6 is 0 Å². The van der Waals surface area contributed by atoms with E-state index in [4.69, 9.17) is 20.7 Å². The summed E-state index contributed by atoms with van der Waals surface area (Å²) in [6, 6.07) is 2.08. The van der Waals surface area contributed by atoms with Crippen molar-refractivity contribution in [1.82, 2.24) is 15.3 Å². The first-order chi connectivity index (χ1) is 14.0. The number of aromatic nitrogens is 2. The number of anilines is 2. The highest BCUT2D eigenvalue weighted by Crippen LogP contribution is 2.59.